The first-order chi connectivity index (χ1) is 8.52. The molecule has 0 bridgehead atoms. The number of hydrogen-bond acceptors (Lipinski definition) is 1. The fourth-order valence-corrected chi connectivity index (χ4v) is 1.68. The average molecular weight is 280 g/mol. The summed E-state index contributed by atoms with van der Waals surface area (Å²) in [5.41, 5.74) is 0.579. The van der Waals surface area contributed by atoms with E-state index in [-0.39, 0.29) is 18.8 Å². The predicted octanol–water partition coefficient (Wildman–Crippen LogP) is 2.70. The molecular weight excluding hydrogens is 267 g/mol. The first kappa shape index (κ1) is 14.8. The van der Waals surface area contributed by atoms with Crippen LogP contribution in [-0.4, -0.2) is 36.2 Å². The zero-order chi connectivity index (χ0) is 13.5. The number of amides is 1. The summed E-state index contributed by atoms with van der Waals surface area (Å²) in [6, 6.07) is 5.35. The summed E-state index contributed by atoms with van der Waals surface area (Å²) in [5.74, 6) is -0.749. The van der Waals surface area contributed by atoms with E-state index in [1.807, 2.05) is 0 Å². The Morgan fingerprint density at radius 2 is 1.89 bits per heavy atom. The Labute approximate surface area is 108 Å². The maximum Gasteiger partial charge on any atom is 0.255 e. The first-order valence-electron chi connectivity index (χ1n) is 5.39. The third-order valence-corrected chi connectivity index (χ3v) is 2.50. The third kappa shape index (κ3) is 4.96. The smallest absolute Gasteiger partial charge is 0.255 e. The molecule has 0 unspecified atom stereocenters. The minimum atomic E-state index is -2.59. The largest absolute Gasteiger partial charge is 0.335 e. The van der Waals surface area contributed by atoms with Crippen molar-refractivity contribution in [2.24, 2.45) is 0 Å². The third-order valence-electron chi connectivity index (χ3n) is 2.33. The molecule has 18 heavy (non-hydrogen) atoms. The average Bonchev–Trinajstić information content (AvgIpc) is 2.31. The lowest BCUT2D eigenvalue weighted by molar-refractivity contribution is -0.132. The van der Waals surface area contributed by atoms with Crippen LogP contribution in [0, 0.1) is 5.82 Å². The molecule has 0 aliphatic heterocycles. The second-order valence-electron chi connectivity index (χ2n) is 3.72. The normalized spacial score (nSPS) is 10.7. The zero-order valence-corrected chi connectivity index (χ0v) is 10.3. The standard InChI is InChI=1S/C12H13ClF3NO/c13-5-6-17(8-11(15)16)12(18)7-9-1-3-10(14)4-2-9/h1-4,11H,5-8H2. The van der Waals surface area contributed by atoms with Gasteiger partial charge in [-0.15, -0.1) is 11.6 Å². The van der Waals surface area contributed by atoms with Crippen LogP contribution in [0.15, 0.2) is 24.3 Å². The Hall–Kier alpha value is -1.23. The molecule has 0 aliphatic carbocycles. The minimum absolute atomic E-state index is 0.0378. The van der Waals surface area contributed by atoms with Crippen LogP contribution in [0.3, 0.4) is 0 Å². The Morgan fingerprint density at radius 1 is 1.28 bits per heavy atom. The van der Waals surface area contributed by atoms with E-state index in [1.54, 1.807) is 0 Å². The van der Waals surface area contributed by atoms with E-state index in [4.69, 9.17) is 11.6 Å². The molecule has 0 saturated heterocycles. The van der Waals surface area contributed by atoms with Crippen LogP contribution in [0.2, 0.25) is 0 Å². The summed E-state index contributed by atoms with van der Waals surface area (Å²) >= 11 is 5.46. The van der Waals surface area contributed by atoms with E-state index in [2.05, 4.69) is 0 Å². The molecule has 0 spiro atoms. The van der Waals surface area contributed by atoms with Crippen LogP contribution in [0.4, 0.5) is 13.2 Å². The van der Waals surface area contributed by atoms with Crippen molar-refractivity contribution in [2.75, 3.05) is 19.0 Å². The summed E-state index contributed by atoms with van der Waals surface area (Å²) < 4.78 is 37.2. The van der Waals surface area contributed by atoms with Crippen molar-refractivity contribution in [1.29, 1.82) is 0 Å². The fraction of sp³-hybridized carbons (Fsp3) is 0.417. The molecule has 1 rings (SSSR count). The number of rotatable bonds is 6. The SMILES string of the molecule is O=C(Cc1ccc(F)cc1)N(CCCl)CC(F)F. The number of hydrogen-bond donors (Lipinski definition) is 0. The highest BCUT2D eigenvalue weighted by Crippen LogP contribution is 2.07. The summed E-state index contributed by atoms with van der Waals surface area (Å²) in [6.45, 7) is -0.557. The van der Waals surface area contributed by atoms with E-state index in [0.29, 0.717) is 5.56 Å². The molecule has 0 heterocycles. The van der Waals surface area contributed by atoms with Gasteiger partial charge in [-0.2, -0.15) is 0 Å². The van der Waals surface area contributed by atoms with Crippen LogP contribution in [-0.2, 0) is 11.2 Å². The van der Waals surface area contributed by atoms with Gasteiger partial charge in [0.1, 0.15) is 5.82 Å². The summed E-state index contributed by atoms with van der Waals surface area (Å²) in [5, 5.41) is 0. The van der Waals surface area contributed by atoms with Crippen LogP contribution in [0.25, 0.3) is 0 Å². The molecule has 0 fully saturated rings. The Bertz CT molecular complexity index is 383. The number of benzene rings is 1. The highest BCUT2D eigenvalue weighted by Gasteiger charge is 2.17. The molecule has 1 amide bonds. The monoisotopic (exact) mass is 279 g/mol. The first-order valence-corrected chi connectivity index (χ1v) is 5.92. The lowest BCUT2D eigenvalue weighted by Gasteiger charge is -2.21. The van der Waals surface area contributed by atoms with E-state index in [9.17, 15) is 18.0 Å². The van der Waals surface area contributed by atoms with Crippen LogP contribution >= 0.6 is 11.6 Å². The molecule has 0 saturated carbocycles. The second kappa shape index (κ2) is 7.26. The van der Waals surface area contributed by atoms with E-state index >= 15 is 0 Å². The minimum Gasteiger partial charge on any atom is -0.335 e. The topological polar surface area (TPSA) is 20.3 Å². The molecule has 0 radical (unpaired) electrons. The Balaban J connectivity index is 2.63. The number of nitrogens with zero attached hydrogens (tertiary/aromatic N) is 1. The molecule has 0 N–H and O–H groups in total. The molecule has 100 valence electrons. The lowest BCUT2D eigenvalue weighted by Crippen LogP contribution is -2.37. The van der Waals surface area contributed by atoms with Crippen LogP contribution in [0.5, 0.6) is 0 Å². The van der Waals surface area contributed by atoms with Crippen molar-refractivity contribution >= 4 is 17.5 Å². The van der Waals surface area contributed by atoms with E-state index in [0.717, 1.165) is 4.90 Å². The van der Waals surface area contributed by atoms with Crippen molar-refractivity contribution in [3.05, 3.63) is 35.6 Å². The zero-order valence-electron chi connectivity index (χ0n) is 9.58. The van der Waals surface area contributed by atoms with Crippen LogP contribution in [0.1, 0.15) is 5.56 Å². The van der Waals surface area contributed by atoms with Crippen molar-refractivity contribution in [1.82, 2.24) is 4.90 Å². The summed E-state index contributed by atoms with van der Waals surface area (Å²) in [6.07, 6.45) is -2.63. The highest BCUT2D eigenvalue weighted by molar-refractivity contribution is 6.18. The molecule has 0 aromatic heterocycles. The quantitative estimate of drug-likeness (QED) is 0.733. The number of halogens is 4. The van der Waals surface area contributed by atoms with E-state index < -0.39 is 24.7 Å². The van der Waals surface area contributed by atoms with Gasteiger partial charge < -0.3 is 4.90 Å². The molecule has 1 aromatic carbocycles. The summed E-state index contributed by atoms with van der Waals surface area (Å²) in [4.78, 5) is 12.8. The van der Waals surface area contributed by atoms with Crippen LogP contribution < -0.4 is 0 Å². The van der Waals surface area contributed by atoms with Crippen molar-refractivity contribution in [2.45, 2.75) is 12.8 Å². The predicted molar refractivity (Wildman–Crippen MR) is 63.4 cm³/mol. The van der Waals surface area contributed by atoms with Gasteiger partial charge in [-0.1, -0.05) is 12.1 Å². The van der Waals surface area contributed by atoms with Gasteiger partial charge in [0.25, 0.3) is 6.43 Å². The fourth-order valence-electron chi connectivity index (χ4n) is 1.48. The maximum atomic E-state index is 12.7. The van der Waals surface area contributed by atoms with E-state index in [1.165, 1.54) is 24.3 Å². The maximum absolute atomic E-state index is 12.7. The van der Waals surface area contributed by atoms with Gasteiger partial charge in [-0.05, 0) is 17.7 Å². The molecule has 1 aromatic rings. The van der Waals surface area contributed by atoms with Gasteiger partial charge in [-0.25, -0.2) is 13.2 Å². The lowest BCUT2D eigenvalue weighted by atomic mass is 10.1. The highest BCUT2D eigenvalue weighted by atomic mass is 35.5. The Morgan fingerprint density at radius 3 is 2.39 bits per heavy atom. The Kier molecular flexibility index (Phi) is 5.98. The van der Waals surface area contributed by atoms with Gasteiger partial charge >= 0.3 is 0 Å². The number of carbonyl (C=O) groups excluding carboxylic acids is 1. The molecule has 2 nitrogen and oxygen atoms in total. The molecular formula is C12H13ClF3NO. The van der Waals surface area contributed by atoms with Crippen molar-refractivity contribution in [3.8, 4) is 0 Å². The van der Waals surface area contributed by atoms with Gasteiger partial charge in [0.2, 0.25) is 5.91 Å². The molecule has 0 aliphatic rings. The number of alkyl halides is 3. The van der Waals surface area contributed by atoms with Crippen molar-refractivity contribution < 1.29 is 18.0 Å². The number of carbonyl (C=O) groups is 1. The van der Waals surface area contributed by atoms with Crippen molar-refractivity contribution in [3.63, 3.8) is 0 Å². The molecule has 0 atom stereocenters. The molecule has 6 heteroatoms. The van der Waals surface area contributed by atoms with Gasteiger partial charge in [0.15, 0.2) is 0 Å². The van der Waals surface area contributed by atoms with Gasteiger partial charge in [0.05, 0.1) is 13.0 Å². The second-order valence-corrected chi connectivity index (χ2v) is 4.10. The summed E-state index contributed by atoms with van der Waals surface area (Å²) in [7, 11) is 0. The van der Waals surface area contributed by atoms with Gasteiger partial charge in [-0.3, -0.25) is 4.79 Å². The van der Waals surface area contributed by atoms with Gasteiger partial charge in [0, 0.05) is 12.4 Å².